The van der Waals surface area contributed by atoms with Crippen molar-refractivity contribution in [2.75, 3.05) is 19.7 Å². The van der Waals surface area contributed by atoms with Gasteiger partial charge in [-0.1, -0.05) is 37.6 Å². The van der Waals surface area contributed by atoms with Crippen LogP contribution in [0.25, 0.3) is 0 Å². The van der Waals surface area contributed by atoms with Gasteiger partial charge in [0.25, 0.3) is 5.91 Å². The summed E-state index contributed by atoms with van der Waals surface area (Å²) in [6.07, 6.45) is 1.56. The highest BCUT2D eigenvalue weighted by Gasteiger charge is 2.24. The van der Waals surface area contributed by atoms with Gasteiger partial charge in [-0.15, -0.1) is 12.4 Å². The Morgan fingerprint density at radius 3 is 2.61 bits per heavy atom. The summed E-state index contributed by atoms with van der Waals surface area (Å²) in [4.78, 5) is 12.4. The van der Waals surface area contributed by atoms with Gasteiger partial charge in [-0.3, -0.25) is 4.79 Å². The molecule has 1 amide bonds. The van der Waals surface area contributed by atoms with Crippen LogP contribution >= 0.6 is 24.0 Å². The summed E-state index contributed by atoms with van der Waals surface area (Å²) in [6, 6.07) is 7.69. The number of amides is 1. The number of rotatable bonds is 6. The van der Waals surface area contributed by atoms with Crippen molar-refractivity contribution in [1.29, 1.82) is 0 Å². The van der Waals surface area contributed by atoms with Crippen molar-refractivity contribution in [2.45, 2.75) is 38.8 Å². The highest BCUT2D eigenvalue weighted by atomic mass is 35.5. The van der Waals surface area contributed by atoms with E-state index in [0.717, 1.165) is 24.9 Å². The molecule has 2 N–H and O–H groups in total. The monoisotopic (exact) mass is 360 g/mol. The third-order valence-corrected chi connectivity index (χ3v) is 4.09. The van der Waals surface area contributed by atoms with E-state index in [1.54, 1.807) is 0 Å². The molecule has 130 valence electrons. The average molecular weight is 361 g/mol. The van der Waals surface area contributed by atoms with E-state index in [9.17, 15) is 4.79 Å². The van der Waals surface area contributed by atoms with E-state index in [2.05, 4.69) is 24.5 Å². The number of hydrogen-bond acceptors (Lipinski definition) is 3. The van der Waals surface area contributed by atoms with Crippen LogP contribution in [-0.2, 0) is 9.53 Å². The molecule has 6 heteroatoms. The summed E-state index contributed by atoms with van der Waals surface area (Å²) in [6.45, 7) is 6.33. The van der Waals surface area contributed by atoms with Gasteiger partial charge in [0, 0.05) is 18.1 Å². The fraction of sp³-hybridized carbons (Fsp3) is 0.588. The number of nitrogens with one attached hydrogen (secondary N) is 2. The van der Waals surface area contributed by atoms with Gasteiger partial charge in [-0.05, 0) is 36.5 Å². The summed E-state index contributed by atoms with van der Waals surface area (Å²) in [5.74, 6) is 0.551. The van der Waals surface area contributed by atoms with Crippen molar-refractivity contribution in [2.24, 2.45) is 5.92 Å². The molecule has 2 unspecified atom stereocenters. The van der Waals surface area contributed by atoms with Gasteiger partial charge in [0.15, 0.2) is 0 Å². The minimum Gasteiger partial charge on any atom is -0.366 e. The van der Waals surface area contributed by atoms with E-state index in [1.165, 1.54) is 0 Å². The number of carbonyl (C=O) groups is 1. The number of ether oxygens (including phenoxy) is 1. The largest absolute Gasteiger partial charge is 0.366 e. The Morgan fingerprint density at radius 1 is 1.35 bits per heavy atom. The molecule has 1 aromatic carbocycles. The maximum Gasteiger partial charge on any atom is 0.250 e. The Balaban J connectivity index is 0.00000264. The van der Waals surface area contributed by atoms with Gasteiger partial charge in [-0.2, -0.15) is 0 Å². The van der Waals surface area contributed by atoms with Crippen molar-refractivity contribution >= 4 is 29.9 Å². The van der Waals surface area contributed by atoms with Gasteiger partial charge in [0.2, 0.25) is 0 Å². The van der Waals surface area contributed by atoms with Crippen LogP contribution in [0.1, 0.15) is 38.3 Å². The van der Waals surface area contributed by atoms with Crippen LogP contribution in [0, 0.1) is 5.92 Å². The predicted molar refractivity (Wildman–Crippen MR) is 96.3 cm³/mol. The number of halogens is 2. The maximum absolute atomic E-state index is 12.4. The molecule has 2 rings (SSSR count). The quantitative estimate of drug-likeness (QED) is 0.817. The van der Waals surface area contributed by atoms with Crippen LogP contribution in [0.4, 0.5) is 0 Å². The first-order valence-electron chi connectivity index (χ1n) is 7.94. The Bertz CT molecular complexity index is 474. The smallest absolute Gasteiger partial charge is 0.250 e. The fourth-order valence-corrected chi connectivity index (χ4v) is 2.64. The van der Waals surface area contributed by atoms with E-state index in [-0.39, 0.29) is 24.4 Å². The van der Waals surface area contributed by atoms with Gasteiger partial charge in [0.05, 0.1) is 12.6 Å². The number of carbonyl (C=O) groups excluding carboxylic acids is 1. The third kappa shape index (κ3) is 6.68. The van der Waals surface area contributed by atoms with Gasteiger partial charge in [-0.25, -0.2) is 0 Å². The molecule has 0 radical (unpaired) electrons. The van der Waals surface area contributed by atoms with Crippen molar-refractivity contribution in [3.8, 4) is 0 Å². The van der Waals surface area contributed by atoms with E-state index in [4.69, 9.17) is 16.3 Å². The Hall–Kier alpha value is -0.810. The van der Waals surface area contributed by atoms with Crippen molar-refractivity contribution < 1.29 is 9.53 Å². The van der Waals surface area contributed by atoms with Gasteiger partial charge >= 0.3 is 0 Å². The standard InChI is InChI=1S/C17H25ClN2O2.ClH/c1-12(2)3-8-15(13-4-6-14(18)7-5-13)20-17(21)16-11-19-9-10-22-16;/h4-7,12,15-16,19H,3,8-11H2,1-2H3,(H,20,21);1H. The predicted octanol–water partition coefficient (Wildman–Crippen LogP) is 3.34. The first-order valence-corrected chi connectivity index (χ1v) is 8.32. The highest BCUT2D eigenvalue weighted by Crippen LogP contribution is 2.23. The van der Waals surface area contributed by atoms with E-state index in [0.29, 0.717) is 24.1 Å². The Kier molecular flexibility index (Phi) is 8.92. The molecule has 0 bridgehead atoms. The van der Waals surface area contributed by atoms with Gasteiger partial charge in [0.1, 0.15) is 6.10 Å². The molecule has 0 aromatic heterocycles. The molecule has 23 heavy (non-hydrogen) atoms. The minimum absolute atomic E-state index is 0. The lowest BCUT2D eigenvalue weighted by molar-refractivity contribution is -0.135. The number of hydrogen-bond donors (Lipinski definition) is 2. The second-order valence-corrected chi connectivity index (χ2v) is 6.58. The molecule has 1 aliphatic rings. The van der Waals surface area contributed by atoms with Crippen LogP contribution in [0.3, 0.4) is 0 Å². The zero-order valence-electron chi connectivity index (χ0n) is 13.7. The molecule has 4 nitrogen and oxygen atoms in total. The molecular formula is C17H26Cl2N2O2. The average Bonchev–Trinajstić information content (AvgIpc) is 2.53. The van der Waals surface area contributed by atoms with Gasteiger partial charge < -0.3 is 15.4 Å². The summed E-state index contributed by atoms with van der Waals surface area (Å²) in [5, 5.41) is 7.02. The van der Waals surface area contributed by atoms with Crippen LogP contribution < -0.4 is 10.6 Å². The van der Waals surface area contributed by atoms with Crippen molar-refractivity contribution in [3.63, 3.8) is 0 Å². The molecule has 0 aliphatic carbocycles. The van der Waals surface area contributed by atoms with Crippen molar-refractivity contribution in [3.05, 3.63) is 34.9 Å². The maximum atomic E-state index is 12.4. The zero-order chi connectivity index (χ0) is 15.9. The first-order chi connectivity index (χ1) is 10.6. The highest BCUT2D eigenvalue weighted by molar-refractivity contribution is 6.30. The molecule has 1 heterocycles. The molecule has 1 fully saturated rings. The Morgan fingerprint density at radius 2 is 2.04 bits per heavy atom. The zero-order valence-corrected chi connectivity index (χ0v) is 15.3. The second-order valence-electron chi connectivity index (χ2n) is 6.15. The summed E-state index contributed by atoms with van der Waals surface area (Å²) < 4.78 is 5.53. The lowest BCUT2D eigenvalue weighted by Gasteiger charge is -2.26. The number of benzene rings is 1. The molecule has 1 aliphatic heterocycles. The van der Waals surface area contributed by atoms with Crippen LogP contribution in [-0.4, -0.2) is 31.7 Å². The normalized spacial score (nSPS) is 19.0. The van der Waals surface area contributed by atoms with Crippen LogP contribution in [0.15, 0.2) is 24.3 Å². The van der Waals surface area contributed by atoms with E-state index in [1.807, 2.05) is 24.3 Å². The van der Waals surface area contributed by atoms with Crippen LogP contribution in [0.2, 0.25) is 5.02 Å². The fourth-order valence-electron chi connectivity index (χ4n) is 2.52. The second kappa shape index (κ2) is 10.1. The third-order valence-electron chi connectivity index (χ3n) is 3.84. The van der Waals surface area contributed by atoms with E-state index >= 15 is 0 Å². The molecule has 1 aromatic rings. The summed E-state index contributed by atoms with van der Waals surface area (Å²) in [5.41, 5.74) is 1.09. The molecular weight excluding hydrogens is 335 g/mol. The van der Waals surface area contributed by atoms with Crippen LogP contribution in [0.5, 0.6) is 0 Å². The molecule has 2 atom stereocenters. The number of morpholine rings is 1. The summed E-state index contributed by atoms with van der Waals surface area (Å²) >= 11 is 5.96. The topological polar surface area (TPSA) is 50.4 Å². The molecule has 0 spiro atoms. The van der Waals surface area contributed by atoms with Crippen molar-refractivity contribution in [1.82, 2.24) is 10.6 Å². The molecule has 1 saturated heterocycles. The summed E-state index contributed by atoms with van der Waals surface area (Å²) in [7, 11) is 0. The molecule has 0 saturated carbocycles. The lowest BCUT2D eigenvalue weighted by atomic mass is 9.97. The Labute approximate surface area is 149 Å². The first kappa shape index (κ1) is 20.2. The van der Waals surface area contributed by atoms with E-state index < -0.39 is 6.10 Å². The lowest BCUT2D eigenvalue weighted by Crippen LogP contribution is -2.48. The minimum atomic E-state index is -0.400. The SMILES string of the molecule is CC(C)CCC(NC(=O)C1CNCCO1)c1ccc(Cl)cc1.Cl.